The fourth-order valence-electron chi connectivity index (χ4n) is 3.00. The molecule has 1 aromatic carbocycles. The molecule has 1 saturated heterocycles. The first-order valence-electron chi connectivity index (χ1n) is 9.08. The summed E-state index contributed by atoms with van der Waals surface area (Å²) in [7, 11) is 0. The highest BCUT2D eigenvalue weighted by molar-refractivity contribution is 5.92. The van der Waals surface area contributed by atoms with Gasteiger partial charge >= 0.3 is 0 Å². The molecule has 2 amide bonds. The van der Waals surface area contributed by atoms with Gasteiger partial charge in [-0.15, -0.1) is 0 Å². The van der Waals surface area contributed by atoms with Crippen LogP contribution in [-0.4, -0.2) is 47.6 Å². The van der Waals surface area contributed by atoms with E-state index in [1.807, 2.05) is 43.3 Å². The van der Waals surface area contributed by atoms with Gasteiger partial charge in [0.1, 0.15) is 0 Å². The Hall–Kier alpha value is -2.14. The summed E-state index contributed by atoms with van der Waals surface area (Å²) >= 11 is 0. The number of benzene rings is 1. The van der Waals surface area contributed by atoms with Crippen molar-refractivity contribution in [2.24, 2.45) is 5.92 Å². The summed E-state index contributed by atoms with van der Waals surface area (Å²) in [4.78, 5) is 26.2. The maximum Gasteiger partial charge on any atom is 0.246 e. The third-order valence-corrected chi connectivity index (χ3v) is 4.53. The van der Waals surface area contributed by atoms with Gasteiger partial charge in [0, 0.05) is 31.6 Å². The second-order valence-corrected chi connectivity index (χ2v) is 6.53. The van der Waals surface area contributed by atoms with Crippen LogP contribution in [0.25, 0.3) is 6.08 Å². The highest BCUT2D eigenvalue weighted by Crippen LogP contribution is 2.18. The molecule has 1 heterocycles. The van der Waals surface area contributed by atoms with Crippen molar-refractivity contribution in [3.05, 3.63) is 42.0 Å². The van der Waals surface area contributed by atoms with Crippen molar-refractivity contribution in [3.8, 4) is 0 Å². The average Bonchev–Trinajstić information content (AvgIpc) is 2.65. The van der Waals surface area contributed by atoms with E-state index in [0.717, 1.165) is 12.0 Å². The average molecular weight is 344 g/mol. The molecular formula is C20H28N2O3. The van der Waals surface area contributed by atoms with Gasteiger partial charge in [0.25, 0.3) is 0 Å². The molecule has 0 bridgehead atoms. The second-order valence-electron chi connectivity index (χ2n) is 6.53. The first-order chi connectivity index (χ1) is 12.1. The van der Waals surface area contributed by atoms with Crippen LogP contribution in [0, 0.1) is 5.92 Å². The van der Waals surface area contributed by atoms with Gasteiger partial charge in [-0.05, 0) is 30.9 Å². The van der Waals surface area contributed by atoms with Gasteiger partial charge in [-0.1, -0.05) is 43.7 Å². The SMILES string of the molecule is CCCC(O)CNC(=O)C1CCN(C(=O)/C=C/c2ccccc2)CC1. The Kier molecular flexibility index (Phi) is 7.67. The van der Waals surface area contributed by atoms with Crippen LogP contribution < -0.4 is 5.32 Å². The van der Waals surface area contributed by atoms with Crippen molar-refractivity contribution in [2.75, 3.05) is 19.6 Å². The van der Waals surface area contributed by atoms with Gasteiger partial charge in [-0.3, -0.25) is 9.59 Å². The molecule has 1 aromatic rings. The van der Waals surface area contributed by atoms with E-state index in [1.54, 1.807) is 11.0 Å². The molecule has 1 atom stereocenters. The molecular weight excluding hydrogens is 316 g/mol. The molecule has 136 valence electrons. The first kappa shape index (κ1) is 19.2. The minimum absolute atomic E-state index is 0.0120. The normalized spacial score (nSPS) is 16.8. The summed E-state index contributed by atoms with van der Waals surface area (Å²) in [5.74, 6) is -0.0980. The largest absolute Gasteiger partial charge is 0.391 e. The number of carbonyl (C=O) groups is 2. The molecule has 0 radical (unpaired) electrons. The Morgan fingerprint density at radius 1 is 1.28 bits per heavy atom. The Labute approximate surface area is 149 Å². The lowest BCUT2D eigenvalue weighted by Gasteiger charge is -2.30. The number of carbonyl (C=O) groups excluding carboxylic acids is 2. The zero-order valence-corrected chi connectivity index (χ0v) is 14.9. The summed E-state index contributed by atoms with van der Waals surface area (Å²) in [6.45, 7) is 3.50. The van der Waals surface area contributed by atoms with E-state index < -0.39 is 6.10 Å². The first-order valence-corrected chi connectivity index (χ1v) is 9.08. The lowest BCUT2D eigenvalue weighted by molar-refractivity contribution is -0.132. The van der Waals surface area contributed by atoms with Crippen LogP contribution in [0.5, 0.6) is 0 Å². The Morgan fingerprint density at radius 2 is 1.96 bits per heavy atom. The van der Waals surface area contributed by atoms with Crippen molar-refractivity contribution in [2.45, 2.75) is 38.7 Å². The van der Waals surface area contributed by atoms with E-state index in [4.69, 9.17) is 0 Å². The zero-order chi connectivity index (χ0) is 18.1. The molecule has 1 fully saturated rings. The number of piperidine rings is 1. The molecule has 1 aliphatic rings. The van der Waals surface area contributed by atoms with Gasteiger partial charge in [0.15, 0.2) is 0 Å². The Morgan fingerprint density at radius 3 is 2.60 bits per heavy atom. The molecule has 2 rings (SSSR count). The van der Waals surface area contributed by atoms with Gasteiger partial charge in [-0.25, -0.2) is 0 Å². The smallest absolute Gasteiger partial charge is 0.246 e. The lowest BCUT2D eigenvalue weighted by atomic mass is 9.95. The zero-order valence-electron chi connectivity index (χ0n) is 14.9. The topological polar surface area (TPSA) is 69.6 Å². The standard InChI is InChI=1S/C20H28N2O3/c1-2-6-18(23)15-21-20(25)17-11-13-22(14-12-17)19(24)10-9-16-7-4-3-5-8-16/h3-5,7-10,17-18,23H,2,6,11-15H2,1H3,(H,21,25)/b10-9+. The minimum Gasteiger partial charge on any atom is -0.391 e. The van der Waals surface area contributed by atoms with Crippen molar-refractivity contribution >= 4 is 17.9 Å². The third-order valence-electron chi connectivity index (χ3n) is 4.53. The van der Waals surface area contributed by atoms with E-state index in [9.17, 15) is 14.7 Å². The molecule has 1 aliphatic heterocycles. The van der Waals surface area contributed by atoms with Crippen molar-refractivity contribution in [1.82, 2.24) is 10.2 Å². The number of rotatable bonds is 7. The molecule has 5 heteroatoms. The molecule has 25 heavy (non-hydrogen) atoms. The number of aliphatic hydroxyl groups excluding tert-OH is 1. The van der Waals surface area contributed by atoms with Gasteiger partial charge < -0.3 is 15.3 Å². The highest BCUT2D eigenvalue weighted by atomic mass is 16.3. The van der Waals surface area contributed by atoms with Gasteiger partial charge in [0.2, 0.25) is 11.8 Å². The summed E-state index contributed by atoms with van der Waals surface area (Å²) in [6.07, 6.45) is 5.86. The predicted octanol–water partition coefficient (Wildman–Crippen LogP) is 2.22. The molecule has 0 spiro atoms. The maximum absolute atomic E-state index is 12.2. The molecule has 2 N–H and O–H groups in total. The predicted molar refractivity (Wildman–Crippen MR) is 98.7 cm³/mol. The van der Waals surface area contributed by atoms with E-state index in [2.05, 4.69) is 5.32 Å². The summed E-state index contributed by atoms with van der Waals surface area (Å²) in [5.41, 5.74) is 0.996. The van der Waals surface area contributed by atoms with Gasteiger partial charge in [-0.2, -0.15) is 0 Å². The van der Waals surface area contributed by atoms with Crippen LogP contribution in [0.2, 0.25) is 0 Å². The lowest BCUT2D eigenvalue weighted by Crippen LogP contribution is -2.43. The molecule has 1 unspecified atom stereocenters. The summed E-state index contributed by atoms with van der Waals surface area (Å²) in [5, 5.41) is 12.5. The second kappa shape index (κ2) is 9.99. The number of aliphatic hydroxyl groups is 1. The number of nitrogens with one attached hydrogen (secondary N) is 1. The number of hydrogen-bond acceptors (Lipinski definition) is 3. The molecule has 5 nitrogen and oxygen atoms in total. The number of amides is 2. The van der Waals surface area contributed by atoms with Gasteiger partial charge in [0.05, 0.1) is 6.10 Å². The van der Waals surface area contributed by atoms with E-state index >= 15 is 0 Å². The number of hydrogen-bond donors (Lipinski definition) is 2. The van der Waals surface area contributed by atoms with E-state index in [1.165, 1.54) is 0 Å². The fraction of sp³-hybridized carbons (Fsp3) is 0.500. The Balaban J connectivity index is 1.74. The van der Waals surface area contributed by atoms with Crippen LogP contribution in [0.3, 0.4) is 0 Å². The van der Waals surface area contributed by atoms with E-state index in [0.29, 0.717) is 38.9 Å². The monoisotopic (exact) mass is 344 g/mol. The van der Waals surface area contributed by atoms with Crippen LogP contribution >= 0.6 is 0 Å². The van der Waals surface area contributed by atoms with Crippen molar-refractivity contribution in [3.63, 3.8) is 0 Å². The van der Waals surface area contributed by atoms with Crippen molar-refractivity contribution in [1.29, 1.82) is 0 Å². The number of likely N-dealkylation sites (tertiary alicyclic amines) is 1. The summed E-state index contributed by atoms with van der Waals surface area (Å²) < 4.78 is 0. The van der Waals surface area contributed by atoms with Crippen LogP contribution in [0.1, 0.15) is 38.2 Å². The minimum atomic E-state index is -0.473. The van der Waals surface area contributed by atoms with E-state index in [-0.39, 0.29) is 17.7 Å². The molecule has 0 aliphatic carbocycles. The fourth-order valence-corrected chi connectivity index (χ4v) is 3.00. The maximum atomic E-state index is 12.2. The molecule has 0 aromatic heterocycles. The van der Waals surface area contributed by atoms with Crippen molar-refractivity contribution < 1.29 is 14.7 Å². The van der Waals surface area contributed by atoms with Crippen LogP contribution in [0.15, 0.2) is 36.4 Å². The van der Waals surface area contributed by atoms with Crippen LogP contribution in [-0.2, 0) is 9.59 Å². The third kappa shape index (κ3) is 6.35. The molecule has 0 saturated carbocycles. The quantitative estimate of drug-likeness (QED) is 0.745. The summed E-state index contributed by atoms with van der Waals surface area (Å²) in [6, 6.07) is 9.72. The highest BCUT2D eigenvalue weighted by Gasteiger charge is 2.26. The Bertz CT molecular complexity index is 578. The van der Waals surface area contributed by atoms with Crippen LogP contribution in [0.4, 0.5) is 0 Å². The number of nitrogens with zero attached hydrogens (tertiary/aromatic N) is 1.